The van der Waals surface area contributed by atoms with E-state index in [4.69, 9.17) is 10.2 Å². The number of carboxylic acid groups (broad SMARTS) is 2. The Bertz CT molecular complexity index is 566. The fourth-order valence-electron chi connectivity index (χ4n) is 2.33. The van der Waals surface area contributed by atoms with E-state index in [-0.39, 0.29) is 18.4 Å². The van der Waals surface area contributed by atoms with Crippen molar-refractivity contribution in [3.05, 3.63) is 0 Å². The lowest BCUT2D eigenvalue weighted by Crippen LogP contribution is -2.47. The molecule has 174 valence electrons. The molecule has 0 fully saturated rings. The van der Waals surface area contributed by atoms with Crippen molar-refractivity contribution in [1.29, 1.82) is 0 Å². The standard InChI is InChI=1S/C12H22N2O5.C7H13NO3/c1-5-14(12(18)19-4)7-10(15)13-9(11(16)17)6-8(2)3;1-5(2)3-6(7(10)11)8-4-9/h8-9H,5-7H2,1-4H3,(H,13,15)(H,16,17);4-6H,3H2,1-2H3,(H,8,9)(H,10,11). The van der Waals surface area contributed by atoms with E-state index >= 15 is 0 Å². The number of carbonyl (C=O) groups excluding carboxylic acids is 3. The molecule has 0 aliphatic heterocycles. The quantitative estimate of drug-likeness (QED) is 0.330. The molecule has 0 saturated heterocycles. The largest absolute Gasteiger partial charge is 0.480 e. The molecule has 0 aliphatic rings. The van der Waals surface area contributed by atoms with E-state index in [2.05, 4.69) is 15.4 Å². The van der Waals surface area contributed by atoms with E-state index in [0.717, 1.165) is 0 Å². The van der Waals surface area contributed by atoms with Gasteiger partial charge in [0.15, 0.2) is 0 Å². The number of likely N-dealkylation sites (N-methyl/N-ethyl adjacent to an activating group) is 1. The summed E-state index contributed by atoms with van der Waals surface area (Å²) < 4.78 is 4.51. The van der Waals surface area contributed by atoms with Gasteiger partial charge in [-0.05, 0) is 31.6 Å². The highest BCUT2D eigenvalue weighted by atomic mass is 16.5. The van der Waals surface area contributed by atoms with E-state index < -0.39 is 36.0 Å². The first-order chi connectivity index (χ1) is 13.9. The lowest BCUT2D eigenvalue weighted by Gasteiger charge is -2.21. The van der Waals surface area contributed by atoms with E-state index in [0.29, 0.717) is 25.8 Å². The fourth-order valence-corrected chi connectivity index (χ4v) is 2.33. The number of nitrogens with one attached hydrogen (secondary N) is 2. The molecule has 4 N–H and O–H groups in total. The van der Waals surface area contributed by atoms with Gasteiger partial charge in [-0.1, -0.05) is 27.7 Å². The van der Waals surface area contributed by atoms with Crippen molar-refractivity contribution in [2.75, 3.05) is 20.2 Å². The SMILES string of the molecule is CC(C)CC(NC=O)C(=O)O.CCN(CC(=O)NC(CC(C)C)C(=O)O)C(=O)OC. The molecule has 2 atom stereocenters. The first-order valence-corrected chi connectivity index (χ1v) is 9.66. The van der Waals surface area contributed by atoms with Gasteiger partial charge in [0.1, 0.15) is 18.6 Å². The molecule has 11 heteroatoms. The summed E-state index contributed by atoms with van der Waals surface area (Å²) >= 11 is 0. The summed E-state index contributed by atoms with van der Waals surface area (Å²) in [7, 11) is 1.22. The highest BCUT2D eigenvalue weighted by Gasteiger charge is 2.23. The number of carbonyl (C=O) groups is 5. The van der Waals surface area contributed by atoms with Gasteiger partial charge in [-0.3, -0.25) is 14.5 Å². The number of amides is 3. The number of nitrogens with zero attached hydrogens (tertiary/aromatic N) is 1. The van der Waals surface area contributed by atoms with Gasteiger partial charge in [0.05, 0.1) is 7.11 Å². The number of carboxylic acids is 2. The zero-order valence-electron chi connectivity index (χ0n) is 18.5. The van der Waals surface area contributed by atoms with Gasteiger partial charge in [-0.15, -0.1) is 0 Å². The Balaban J connectivity index is 0. The number of ether oxygens (including phenoxy) is 1. The summed E-state index contributed by atoms with van der Waals surface area (Å²) in [6.07, 6.45) is 0.606. The molecule has 0 aliphatic carbocycles. The van der Waals surface area contributed by atoms with E-state index in [1.165, 1.54) is 12.0 Å². The van der Waals surface area contributed by atoms with Gasteiger partial charge in [-0.2, -0.15) is 0 Å². The molecule has 0 spiro atoms. The number of methoxy groups -OCH3 is 1. The van der Waals surface area contributed by atoms with Crippen molar-refractivity contribution < 1.29 is 38.9 Å². The molecule has 2 unspecified atom stereocenters. The van der Waals surface area contributed by atoms with Crippen molar-refractivity contribution in [3.8, 4) is 0 Å². The summed E-state index contributed by atoms with van der Waals surface area (Å²) in [4.78, 5) is 55.5. The molecule has 3 amide bonds. The van der Waals surface area contributed by atoms with Crippen molar-refractivity contribution >= 4 is 30.3 Å². The van der Waals surface area contributed by atoms with Gasteiger partial charge >= 0.3 is 18.0 Å². The van der Waals surface area contributed by atoms with Crippen molar-refractivity contribution in [3.63, 3.8) is 0 Å². The highest BCUT2D eigenvalue weighted by Crippen LogP contribution is 2.05. The molecule has 0 aromatic rings. The predicted molar refractivity (Wildman–Crippen MR) is 109 cm³/mol. The molecule has 30 heavy (non-hydrogen) atoms. The molecular formula is C19H35N3O8. The van der Waals surface area contributed by atoms with E-state index in [1.54, 1.807) is 6.92 Å². The summed E-state index contributed by atoms with van der Waals surface area (Å²) in [5, 5.41) is 22.2. The average Bonchev–Trinajstić information content (AvgIpc) is 2.64. The molecule has 11 nitrogen and oxygen atoms in total. The average molecular weight is 434 g/mol. The van der Waals surface area contributed by atoms with Crippen LogP contribution in [0.1, 0.15) is 47.5 Å². The van der Waals surface area contributed by atoms with Crippen LogP contribution in [0.25, 0.3) is 0 Å². The Labute approximate surface area is 177 Å². The van der Waals surface area contributed by atoms with Crippen LogP contribution >= 0.6 is 0 Å². The lowest BCUT2D eigenvalue weighted by molar-refractivity contribution is -0.142. The predicted octanol–water partition coefficient (Wildman–Crippen LogP) is 0.922. The number of rotatable bonds is 12. The molecule has 0 aromatic heterocycles. The minimum absolute atomic E-state index is 0.143. The first kappa shape index (κ1) is 29.4. The van der Waals surface area contributed by atoms with E-state index in [9.17, 15) is 24.0 Å². The van der Waals surface area contributed by atoms with Gasteiger partial charge in [0, 0.05) is 6.54 Å². The number of hydrogen-bond acceptors (Lipinski definition) is 6. The highest BCUT2D eigenvalue weighted by molar-refractivity contribution is 5.86. The minimum Gasteiger partial charge on any atom is -0.480 e. The van der Waals surface area contributed by atoms with Gasteiger partial charge in [0.2, 0.25) is 12.3 Å². The third kappa shape index (κ3) is 14.2. The van der Waals surface area contributed by atoms with Crippen LogP contribution < -0.4 is 10.6 Å². The second-order valence-corrected chi connectivity index (χ2v) is 7.38. The molecule has 0 saturated carbocycles. The second-order valence-electron chi connectivity index (χ2n) is 7.38. The van der Waals surface area contributed by atoms with Crippen LogP contribution in [-0.4, -0.2) is 77.7 Å². The zero-order valence-corrected chi connectivity index (χ0v) is 18.5. The molecule has 0 heterocycles. The monoisotopic (exact) mass is 433 g/mol. The lowest BCUT2D eigenvalue weighted by atomic mass is 10.0. The molecule has 0 rings (SSSR count). The van der Waals surface area contributed by atoms with Crippen LogP contribution in [0.3, 0.4) is 0 Å². The molecule has 0 bridgehead atoms. The van der Waals surface area contributed by atoms with Crippen LogP contribution in [-0.2, 0) is 23.9 Å². The maximum absolute atomic E-state index is 11.7. The van der Waals surface area contributed by atoms with Crippen LogP contribution in [0.5, 0.6) is 0 Å². The molecule has 0 aromatic carbocycles. The maximum atomic E-state index is 11.7. The van der Waals surface area contributed by atoms with Crippen molar-refractivity contribution in [2.45, 2.75) is 59.5 Å². The summed E-state index contributed by atoms with van der Waals surface area (Å²) in [5.74, 6) is -2.16. The maximum Gasteiger partial charge on any atom is 0.409 e. The molecule has 0 radical (unpaired) electrons. The number of hydrogen-bond donors (Lipinski definition) is 4. The van der Waals surface area contributed by atoms with Crippen LogP contribution in [0.2, 0.25) is 0 Å². The Morgan fingerprint density at radius 3 is 1.77 bits per heavy atom. The normalized spacial score (nSPS) is 12.1. The summed E-state index contributed by atoms with van der Waals surface area (Å²) in [5.41, 5.74) is 0. The molecular weight excluding hydrogens is 398 g/mol. The van der Waals surface area contributed by atoms with Crippen LogP contribution in [0.4, 0.5) is 4.79 Å². The Kier molecular flexibility index (Phi) is 15.7. The summed E-state index contributed by atoms with van der Waals surface area (Å²) in [6, 6.07) is -1.68. The van der Waals surface area contributed by atoms with Crippen molar-refractivity contribution in [1.82, 2.24) is 15.5 Å². The smallest absolute Gasteiger partial charge is 0.409 e. The minimum atomic E-state index is -1.08. The third-order valence-electron chi connectivity index (χ3n) is 3.76. The second kappa shape index (κ2) is 16.0. The Morgan fingerprint density at radius 1 is 0.967 bits per heavy atom. The first-order valence-electron chi connectivity index (χ1n) is 9.66. The number of aliphatic carboxylic acids is 2. The van der Waals surface area contributed by atoms with Gasteiger partial charge < -0.3 is 25.6 Å². The zero-order chi connectivity index (χ0) is 23.9. The van der Waals surface area contributed by atoms with Crippen LogP contribution in [0.15, 0.2) is 0 Å². The van der Waals surface area contributed by atoms with Crippen molar-refractivity contribution in [2.24, 2.45) is 11.8 Å². The fraction of sp³-hybridized carbons (Fsp3) is 0.737. The summed E-state index contributed by atoms with van der Waals surface area (Å²) in [6.45, 7) is 9.34. The van der Waals surface area contributed by atoms with Crippen LogP contribution in [0, 0.1) is 11.8 Å². The Hall–Kier alpha value is -2.85. The van der Waals surface area contributed by atoms with Gasteiger partial charge in [-0.25, -0.2) is 14.4 Å². The van der Waals surface area contributed by atoms with Gasteiger partial charge in [0.25, 0.3) is 0 Å². The third-order valence-corrected chi connectivity index (χ3v) is 3.76. The topological polar surface area (TPSA) is 162 Å². The Morgan fingerprint density at radius 2 is 1.43 bits per heavy atom. The van der Waals surface area contributed by atoms with E-state index in [1.807, 2.05) is 27.7 Å².